The average molecular weight is 396 g/mol. The van der Waals surface area contributed by atoms with Gasteiger partial charge in [-0.3, -0.25) is 10.1 Å². The Morgan fingerprint density at radius 2 is 2.07 bits per heavy atom. The van der Waals surface area contributed by atoms with Crippen LogP contribution in [0.5, 0.6) is 0 Å². The van der Waals surface area contributed by atoms with E-state index in [1.54, 1.807) is 6.07 Å². The van der Waals surface area contributed by atoms with Crippen molar-refractivity contribution in [3.63, 3.8) is 0 Å². The number of carbonyl (C=O) groups excluding carboxylic acids is 1. The molecule has 27 heavy (non-hydrogen) atoms. The average Bonchev–Trinajstić information content (AvgIpc) is 3.16. The molecular weight excluding hydrogens is 381 g/mol. The summed E-state index contributed by atoms with van der Waals surface area (Å²) in [6, 6.07) is 1.68. The molecule has 0 unspecified atom stereocenters. The molecule has 0 aromatic carbocycles. The number of carbonyl (C=O) groups is 1. The van der Waals surface area contributed by atoms with Crippen LogP contribution in [0, 0.1) is 0 Å². The highest BCUT2D eigenvalue weighted by molar-refractivity contribution is 7.14. The number of nitrogens with one attached hydrogen (secondary N) is 1. The highest BCUT2D eigenvalue weighted by atomic mass is 32.1. The van der Waals surface area contributed by atoms with Crippen molar-refractivity contribution in [1.29, 1.82) is 0 Å². The molecule has 3 aromatic heterocycles. The Balaban J connectivity index is 1.73. The van der Waals surface area contributed by atoms with Gasteiger partial charge in [-0.05, 0) is 24.8 Å². The zero-order valence-electron chi connectivity index (χ0n) is 14.4. The van der Waals surface area contributed by atoms with Crippen molar-refractivity contribution in [2.75, 3.05) is 5.32 Å². The lowest BCUT2D eigenvalue weighted by Crippen LogP contribution is -2.14. The van der Waals surface area contributed by atoms with E-state index < -0.39 is 17.8 Å². The van der Waals surface area contributed by atoms with Gasteiger partial charge in [-0.25, -0.2) is 9.97 Å². The fourth-order valence-electron chi connectivity index (χ4n) is 2.78. The molecule has 10 heteroatoms. The quantitative estimate of drug-likeness (QED) is 0.675. The predicted molar refractivity (Wildman–Crippen MR) is 92.9 cm³/mol. The third kappa shape index (κ3) is 3.41. The lowest BCUT2D eigenvalue weighted by atomic mass is 10.0. The largest absolute Gasteiger partial charge is 0.434 e. The Bertz CT molecular complexity index is 1020. The zero-order chi connectivity index (χ0) is 19.3. The second kappa shape index (κ2) is 6.29. The molecule has 0 radical (unpaired) electrons. The van der Waals surface area contributed by atoms with Crippen LogP contribution in [0.1, 0.15) is 66.0 Å². The summed E-state index contributed by atoms with van der Waals surface area (Å²) in [6.07, 6.45) is -2.60. The van der Waals surface area contributed by atoms with Gasteiger partial charge in [0.2, 0.25) is 0 Å². The molecule has 0 atom stereocenters. The summed E-state index contributed by atoms with van der Waals surface area (Å²) in [7, 11) is 0. The smallest absolute Gasteiger partial charge is 0.335 e. The SMILES string of the molecule is CC(C)c1noc2nc(C3CC3)cc(C(=O)Nc3nc(C(F)(F)F)cs3)c12. The van der Waals surface area contributed by atoms with Crippen LogP contribution < -0.4 is 5.32 Å². The van der Waals surface area contributed by atoms with Gasteiger partial charge in [0.15, 0.2) is 10.8 Å². The van der Waals surface area contributed by atoms with Crippen LogP contribution in [0.15, 0.2) is 16.0 Å². The van der Waals surface area contributed by atoms with E-state index in [1.807, 2.05) is 13.8 Å². The predicted octanol–water partition coefficient (Wildman–Crippen LogP) is 4.95. The van der Waals surface area contributed by atoms with E-state index in [0.717, 1.165) is 35.3 Å². The van der Waals surface area contributed by atoms with Crippen LogP contribution in [0.4, 0.5) is 18.3 Å². The van der Waals surface area contributed by atoms with Crippen molar-refractivity contribution < 1.29 is 22.5 Å². The van der Waals surface area contributed by atoms with E-state index in [4.69, 9.17) is 4.52 Å². The first-order valence-corrected chi connectivity index (χ1v) is 9.26. The number of nitrogens with zero attached hydrogens (tertiary/aromatic N) is 3. The molecule has 1 N–H and O–H groups in total. The monoisotopic (exact) mass is 396 g/mol. The Hall–Kier alpha value is -2.49. The summed E-state index contributed by atoms with van der Waals surface area (Å²) in [5.74, 6) is -0.300. The maximum Gasteiger partial charge on any atom is 0.434 e. The summed E-state index contributed by atoms with van der Waals surface area (Å²) in [5.41, 5.74) is 0.836. The molecule has 1 amide bonds. The van der Waals surface area contributed by atoms with Crippen molar-refractivity contribution in [3.05, 3.63) is 34.1 Å². The van der Waals surface area contributed by atoms with Gasteiger partial charge in [0.25, 0.3) is 11.6 Å². The topological polar surface area (TPSA) is 80.9 Å². The maximum absolute atomic E-state index is 12.8. The molecule has 0 saturated heterocycles. The highest BCUT2D eigenvalue weighted by Crippen LogP contribution is 2.41. The molecule has 0 spiro atoms. The molecular formula is C17H15F3N4O2S. The van der Waals surface area contributed by atoms with Crippen LogP contribution in [-0.2, 0) is 6.18 Å². The Morgan fingerprint density at radius 3 is 2.67 bits per heavy atom. The van der Waals surface area contributed by atoms with Crippen molar-refractivity contribution in [2.24, 2.45) is 0 Å². The number of pyridine rings is 1. The van der Waals surface area contributed by atoms with E-state index >= 15 is 0 Å². The summed E-state index contributed by atoms with van der Waals surface area (Å²) in [6.45, 7) is 3.81. The van der Waals surface area contributed by atoms with Crippen LogP contribution in [0.25, 0.3) is 11.1 Å². The van der Waals surface area contributed by atoms with E-state index in [2.05, 4.69) is 20.4 Å². The zero-order valence-corrected chi connectivity index (χ0v) is 15.2. The van der Waals surface area contributed by atoms with Crippen molar-refractivity contribution in [2.45, 2.75) is 44.7 Å². The minimum Gasteiger partial charge on any atom is -0.335 e. The molecule has 3 aromatic rings. The number of aromatic nitrogens is 3. The highest BCUT2D eigenvalue weighted by Gasteiger charge is 2.34. The third-order valence-electron chi connectivity index (χ3n) is 4.29. The standard InChI is InChI=1S/C17H15F3N4O2S/c1-7(2)13-12-9(5-10(8-3-4-8)21-15(12)26-24-13)14(25)23-16-22-11(6-27-16)17(18,19)20/h5-8H,3-4H2,1-2H3,(H,22,23,25). The maximum atomic E-state index is 12.8. The van der Waals surface area contributed by atoms with Crippen molar-refractivity contribution >= 4 is 33.5 Å². The number of rotatable bonds is 4. The minimum absolute atomic E-state index is 0.0110. The van der Waals surface area contributed by atoms with Gasteiger partial charge in [0.05, 0.1) is 16.6 Å². The molecule has 1 saturated carbocycles. The summed E-state index contributed by atoms with van der Waals surface area (Å²) in [5, 5.41) is 7.71. The van der Waals surface area contributed by atoms with Crippen molar-refractivity contribution in [3.8, 4) is 0 Å². The number of alkyl halides is 3. The summed E-state index contributed by atoms with van der Waals surface area (Å²) >= 11 is 0.722. The first-order valence-electron chi connectivity index (χ1n) is 8.38. The molecule has 142 valence electrons. The number of thiazole rings is 1. The van der Waals surface area contributed by atoms with E-state index in [9.17, 15) is 18.0 Å². The van der Waals surface area contributed by atoms with Crippen LogP contribution in [0.2, 0.25) is 0 Å². The summed E-state index contributed by atoms with van der Waals surface area (Å²) in [4.78, 5) is 20.7. The number of hydrogen-bond acceptors (Lipinski definition) is 6. The van der Waals surface area contributed by atoms with E-state index in [1.165, 1.54) is 0 Å². The van der Waals surface area contributed by atoms with Gasteiger partial charge in [0.1, 0.15) is 0 Å². The number of amides is 1. The first-order chi connectivity index (χ1) is 12.7. The molecule has 1 aliphatic carbocycles. The summed E-state index contributed by atoms with van der Waals surface area (Å²) < 4.78 is 43.5. The van der Waals surface area contributed by atoms with Gasteiger partial charge in [0, 0.05) is 17.0 Å². The van der Waals surface area contributed by atoms with Gasteiger partial charge in [-0.15, -0.1) is 11.3 Å². The minimum atomic E-state index is -4.55. The van der Waals surface area contributed by atoms with Crippen LogP contribution in [0.3, 0.4) is 0 Å². The second-order valence-electron chi connectivity index (χ2n) is 6.76. The molecule has 6 nitrogen and oxygen atoms in total. The Kier molecular flexibility index (Phi) is 4.17. The molecule has 0 bridgehead atoms. The molecule has 1 fully saturated rings. The first kappa shape index (κ1) is 17.9. The van der Waals surface area contributed by atoms with Gasteiger partial charge < -0.3 is 4.52 Å². The number of hydrogen-bond donors (Lipinski definition) is 1. The van der Waals surface area contributed by atoms with Crippen LogP contribution >= 0.6 is 11.3 Å². The third-order valence-corrected chi connectivity index (χ3v) is 5.05. The molecule has 3 heterocycles. The lowest BCUT2D eigenvalue weighted by Gasteiger charge is -2.08. The Labute approximate surface area is 155 Å². The van der Waals surface area contributed by atoms with Crippen LogP contribution in [-0.4, -0.2) is 21.0 Å². The molecule has 1 aliphatic rings. The van der Waals surface area contributed by atoms with Crippen molar-refractivity contribution in [1.82, 2.24) is 15.1 Å². The lowest BCUT2D eigenvalue weighted by molar-refractivity contribution is -0.140. The van der Waals surface area contributed by atoms with E-state index in [0.29, 0.717) is 11.1 Å². The molecule has 0 aliphatic heterocycles. The second-order valence-corrected chi connectivity index (χ2v) is 7.62. The number of halogens is 3. The van der Waals surface area contributed by atoms with Gasteiger partial charge in [-0.1, -0.05) is 19.0 Å². The van der Waals surface area contributed by atoms with E-state index in [-0.39, 0.29) is 28.2 Å². The Morgan fingerprint density at radius 1 is 1.33 bits per heavy atom. The number of anilines is 1. The van der Waals surface area contributed by atoms with Gasteiger partial charge >= 0.3 is 6.18 Å². The fourth-order valence-corrected chi connectivity index (χ4v) is 3.49. The number of fused-ring (bicyclic) bond motifs is 1. The molecule has 4 rings (SSSR count). The normalized spacial score (nSPS) is 14.9. The fraction of sp³-hybridized carbons (Fsp3) is 0.412. The van der Waals surface area contributed by atoms with Gasteiger partial charge in [-0.2, -0.15) is 13.2 Å².